The zero-order valence-corrected chi connectivity index (χ0v) is 21.0. The normalized spacial score (nSPS) is 21.3. The summed E-state index contributed by atoms with van der Waals surface area (Å²) in [7, 11) is 1.69. The Kier molecular flexibility index (Phi) is 8.74. The van der Waals surface area contributed by atoms with Gasteiger partial charge in [-0.05, 0) is 80.3 Å². The molecule has 6 nitrogen and oxygen atoms in total. The Labute approximate surface area is 215 Å². The molecule has 1 aliphatic carbocycles. The summed E-state index contributed by atoms with van der Waals surface area (Å²) in [6.07, 6.45) is 1.76. The molecule has 1 aliphatic heterocycles. The number of hydrogen-bond acceptors (Lipinski definition) is 4. The van der Waals surface area contributed by atoms with Crippen molar-refractivity contribution in [3.05, 3.63) is 65.2 Å². The quantitative estimate of drug-likeness (QED) is 0.556. The van der Waals surface area contributed by atoms with Gasteiger partial charge in [0, 0.05) is 30.7 Å². The van der Waals surface area contributed by atoms with E-state index in [0.29, 0.717) is 12.0 Å². The highest BCUT2D eigenvalue weighted by Crippen LogP contribution is 2.36. The first kappa shape index (κ1) is 27.0. The zero-order chi connectivity index (χ0) is 26.4. The van der Waals surface area contributed by atoms with Crippen molar-refractivity contribution in [2.24, 2.45) is 0 Å². The number of rotatable bonds is 7. The van der Waals surface area contributed by atoms with Crippen LogP contribution in [0.2, 0.25) is 0 Å². The van der Waals surface area contributed by atoms with Gasteiger partial charge in [-0.3, -0.25) is 9.59 Å². The number of nitrogens with zero attached hydrogens (tertiary/aromatic N) is 1. The maximum atomic E-state index is 12.9. The van der Waals surface area contributed by atoms with Gasteiger partial charge in [0.05, 0.1) is 19.2 Å². The molecule has 0 unspecified atom stereocenters. The Bertz CT molecular complexity index is 1080. The van der Waals surface area contributed by atoms with E-state index in [2.05, 4.69) is 33.7 Å². The van der Waals surface area contributed by atoms with Crippen molar-refractivity contribution in [2.45, 2.75) is 62.7 Å². The van der Waals surface area contributed by atoms with E-state index in [-0.39, 0.29) is 24.1 Å². The second kappa shape index (κ2) is 12.0. The van der Waals surface area contributed by atoms with Crippen molar-refractivity contribution in [1.29, 1.82) is 0 Å². The topological polar surface area (TPSA) is 70.7 Å². The fraction of sp³-hybridized carbons (Fsp3) is 0.500. The molecule has 37 heavy (non-hydrogen) atoms. The average molecular weight is 518 g/mol. The van der Waals surface area contributed by atoms with Crippen LogP contribution in [0.3, 0.4) is 0 Å². The summed E-state index contributed by atoms with van der Waals surface area (Å²) in [6.45, 7) is 1.55. The van der Waals surface area contributed by atoms with Crippen molar-refractivity contribution >= 4 is 11.8 Å². The second-order valence-corrected chi connectivity index (χ2v) is 9.92. The van der Waals surface area contributed by atoms with E-state index < -0.39 is 17.6 Å². The van der Waals surface area contributed by atoms with Crippen molar-refractivity contribution in [1.82, 2.24) is 15.5 Å². The van der Waals surface area contributed by atoms with E-state index in [9.17, 15) is 22.8 Å². The highest BCUT2D eigenvalue weighted by atomic mass is 19.4. The second-order valence-electron chi connectivity index (χ2n) is 9.92. The smallest absolute Gasteiger partial charge is 0.416 e. The summed E-state index contributed by atoms with van der Waals surface area (Å²) in [6, 6.07) is 13.1. The van der Waals surface area contributed by atoms with Gasteiger partial charge in [-0.25, -0.2) is 0 Å². The summed E-state index contributed by atoms with van der Waals surface area (Å²) in [5, 5.41) is 5.37. The highest BCUT2D eigenvalue weighted by molar-refractivity contribution is 5.96. The molecule has 200 valence electrons. The van der Waals surface area contributed by atoms with Crippen LogP contribution in [0.1, 0.15) is 65.9 Å². The number of halogens is 3. The van der Waals surface area contributed by atoms with Crippen molar-refractivity contribution in [3.63, 3.8) is 0 Å². The van der Waals surface area contributed by atoms with E-state index in [4.69, 9.17) is 4.74 Å². The van der Waals surface area contributed by atoms with Crippen LogP contribution < -0.4 is 15.4 Å². The Morgan fingerprint density at radius 3 is 2.35 bits per heavy atom. The molecule has 0 spiro atoms. The number of likely N-dealkylation sites (tertiary alicyclic amines) is 1. The molecule has 0 aromatic heterocycles. The molecular weight excluding hydrogens is 483 g/mol. The lowest BCUT2D eigenvalue weighted by molar-refractivity contribution is -0.137. The predicted octanol–water partition coefficient (Wildman–Crippen LogP) is 4.75. The molecule has 1 heterocycles. The predicted molar refractivity (Wildman–Crippen MR) is 135 cm³/mol. The minimum Gasteiger partial charge on any atom is -0.497 e. The Morgan fingerprint density at radius 2 is 1.68 bits per heavy atom. The largest absolute Gasteiger partial charge is 0.497 e. The highest BCUT2D eigenvalue weighted by Gasteiger charge is 2.32. The molecule has 4 rings (SSSR count). The van der Waals surface area contributed by atoms with Gasteiger partial charge in [0.2, 0.25) is 5.91 Å². The summed E-state index contributed by atoms with van der Waals surface area (Å²) in [5.74, 6) is 0.423. The Hall–Kier alpha value is -3.07. The fourth-order valence-corrected chi connectivity index (χ4v) is 5.46. The van der Waals surface area contributed by atoms with E-state index in [1.807, 2.05) is 6.07 Å². The number of alkyl halides is 3. The van der Waals surface area contributed by atoms with E-state index >= 15 is 0 Å². The molecule has 0 atom stereocenters. The molecule has 2 aromatic carbocycles. The van der Waals surface area contributed by atoms with Crippen molar-refractivity contribution in [2.75, 3.05) is 26.7 Å². The molecule has 9 heteroatoms. The zero-order valence-electron chi connectivity index (χ0n) is 21.0. The number of carbonyl (C=O) groups excluding carboxylic acids is 2. The van der Waals surface area contributed by atoms with Crippen molar-refractivity contribution in [3.8, 4) is 5.75 Å². The van der Waals surface area contributed by atoms with Crippen LogP contribution in [0.4, 0.5) is 13.2 Å². The first-order valence-electron chi connectivity index (χ1n) is 12.9. The fourth-order valence-electron chi connectivity index (χ4n) is 5.46. The maximum absolute atomic E-state index is 12.9. The van der Waals surface area contributed by atoms with Crippen LogP contribution in [0.15, 0.2) is 48.5 Å². The van der Waals surface area contributed by atoms with E-state index in [1.165, 1.54) is 17.7 Å². The molecule has 1 saturated heterocycles. The molecular formula is C28H34F3N3O3. The molecule has 1 saturated carbocycles. The molecule has 2 aromatic rings. The van der Waals surface area contributed by atoms with Crippen LogP contribution in [0.5, 0.6) is 5.75 Å². The minimum atomic E-state index is -4.53. The standard InChI is InChI=1S/C28H34F3N3O3/c1-37-25-7-3-4-20(17-25)19-8-10-24(11-9-19)34-14-12-23(13-15-34)33-26(35)18-32-27(36)21-5-2-6-22(16-21)28(29,30)31/h2-7,16-17,19,23-24H,8-15,18H2,1H3,(H,32,36)(H,33,35). The SMILES string of the molecule is COc1cccc(C2CCC(N3CCC(NC(=O)CNC(=O)c4cccc(C(F)(F)F)c4)CC3)CC2)c1. The molecule has 2 amide bonds. The molecule has 0 bridgehead atoms. The van der Waals surface area contributed by atoms with Crippen LogP contribution >= 0.6 is 0 Å². The van der Waals surface area contributed by atoms with Crippen LogP contribution in [0, 0.1) is 0 Å². The summed E-state index contributed by atoms with van der Waals surface area (Å²) < 4.78 is 44.0. The van der Waals surface area contributed by atoms with Crippen LogP contribution in [-0.2, 0) is 11.0 Å². The number of carbonyl (C=O) groups is 2. The van der Waals surface area contributed by atoms with Gasteiger partial charge in [0.1, 0.15) is 5.75 Å². The number of benzene rings is 2. The average Bonchev–Trinajstić information content (AvgIpc) is 2.92. The number of methoxy groups -OCH3 is 1. The van der Waals surface area contributed by atoms with E-state index in [0.717, 1.165) is 69.5 Å². The molecule has 2 N–H and O–H groups in total. The molecule has 2 aliphatic rings. The lowest BCUT2D eigenvalue weighted by atomic mass is 9.80. The van der Waals surface area contributed by atoms with Crippen molar-refractivity contribution < 1.29 is 27.5 Å². The van der Waals surface area contributed by atoms with Gasteiger partial charge in [-0.1, -0.05) is 18.2 Å². The van der Waals surface area contributed by atoms with Gasteiger partial charge in [-0.2, -0.15) is 13.2 Å². The number of nitrogens with one attached hydrogen (secondary N) is 2. The van der Waals surface area contributed by atoms with Crippen LogP contribution in [-0.4, -0.2) is 55.5 Å². The first-order valence-corrected chi connectivity index (χ1v) is 12.9. The summed E-state index contributed by atoms with van der Waals surface area (Å²) in [4.78, 5) is 27.1. The van der Waals surface area contributed by atoms with Gasteiger partial charge in [0.15, 0.2) is 0 Å². The summed E-state index contributed by atoms with van der Waals surface area (Å²) >= 11 is 0. The first-order chi connectivity index (χ1) is 17.7. The number of hydrogen-bond donors (Lipinski definition) is 2. The minimum absolute atomic E-state index is 0.0299. The number of amides is 2. The number of ether oxygens (including phenoxy) is 1. The van der Waals surface area contributed by atoms with Gasteiger partial charge in [-0.15, -0.1) is 0 Å². The molecule has 2 fully saturated rings. The molecule has 0 radical (unpaired) electrons. The third-order valence-corrected chi connectivity index (χ3v) is 7.53. The van der Waals surface area contributed by atoms with Gasteiger partial charge in [0.25, 0.3) is 5.91 Å². The monoisotopic (exact) mass is 517 g/mol. The lowest BCUT2D eigenvalue weighted by Crippen LogP contribution is -2.50. The third-order valence-electron chi connectivity index (χ3n) is 7.53. The Balaban J connectivity index is 1.17. The Morgan fingerprint density at radius 1 is 0.973 bits per heavy atom. The summed E-state index contributed by atoms with van der Waals surface area (Å²) in [5.41, 5.74) is 0.321. The maximum Gasteiger partial charge on any atom is 0.416 e. The van der Waals surface area contributed by atoms with Gasteiger partial charge < -0.3 is 20.3 Å². The lowest BCUT2D eigenvalue weighted by Gasteiger charge is -2.41. The van der Waals surface area contributed by atoms with E-state index in [1.54, 1.807) is 7.11 Å². The van der Waals surface area contributed by atoms with Crippen LogP contribution in [0.25, 0.3) is 0 Å². The van der Waals surface area contributed by atoms with Gasteiger partial charge >= 0.3 is 6.18 Å². The number of piperidine rings is 1. The third kappa shape index (κ3) is 7.25.